The van der Waals surface area contributed by atoms with Gasteiger partial charge >= 0.3 is 0 Å². The van der Waals surface area contributed by atoms with E-state index in [-0.39, 0.29) is 10.9 Å². The molecule has 4 heteroatoms. The molecule has 0 aromatic heterocycles. The summed E-state index contributed by atoms with van der Waals surface area (Å²) in [4.78, 5) is 13.9. The first-order valence-electron chi connectivity index (χ1n) is 8.96. The molecule has 0 aromatic rings. The molecule has 1 rings (SSSR count). The second-order valence-corrected chi connectivity index (χ2v) is 9.80. The highest BCUT2D eigenvalue weighted by molar-refractivity contribution is 8.16. The Hall–Kier alpha value is -0.220. The summed E-state index contributed by atoms with van der Waals surface area (Å²) in [6.07, 6.45) is 8.76. The van der Waals surface area contributed by atoms with Crippen molar-refractivity contribution in [3.05, 3.63) is 0 Å². The second-order valence-electron chi connectivity index (χ2n) is 7.27. The van der Waals surface area contributed by atoms with Gasteiger partial charge in [0, 0.05) is 26.6 Å². The van der Waals surface area contributed by atoms with Gasteiger partial charge in [0.1, 0.15) is 0 Å². The van der Waals surface area contributed by atoms with Crippen molar-refractivity contribution in [1.82, 2.24) is 4.90 Å². The molecule has 1 aliphatic rings. The smallest absolute Gasteiger partial charge is 0.222 e. The molecule has 0 N–H and O–H groups in total. The molecule has 0 aliphatic heterocycles. The largest absolute Gasteiger partial charge is 0.379 e. The first-order valence-corrected chi connectivity index (χ1v) is 11.1. The van der Waals surface area contributed by atoms with Crippen LogP contribution in [0.2, 0.25) is 0 Å². The van der Waals surface area contributed by atoms with Crippen LogP contribution in [0.5, 0.6) is 0 Å². The molecule has 0 heterocycles. The van der Waals surface area contributed by atoms with Gasteiger partial charge in [-0.05, 0) is 62.2 Å². The van der Waals surface area contributed by atoms with E-state index in [1.165, 1.54) is 37.2 Å². The molecule has 0 aromatic carbocycles. The molecule has 3 nitrogen and oxygen atoms in total. The number of carbonyl (C=O) groups excluding carboxylic acids is 1. The minimum absolute atomic E-state index is 0.0621. The number of hydrogen-bond acceptors (Lipinski definition) is 2. The Balaban J connectivity index is 2.18. The van der Waals surface area contributed by atoms with Gasteiger partial charge in [0.25, 0.3) is 0 Å². The Bertz CT molecular complexity index is 314. The molecule has 1 unspecified atom stereocenters. The van der Waals surface area contributed by atoms with Crippen LogP contribution in [0.15, 0.2) is 0 Å². The summed E-state index contributed by atoms with van der Waals surface area (Å²) in [7, 11) is 2.02. The normalized spacial score (nSPS) is 24.4. The quantitative estimate of drug-likeness (QED) is 0.653. The summed E-state index contributed by atoms with van der Waals surface area (Å²) in [6.45, 7) is 8.09. The van der Waals surface area contributed by atoms with E-state index in [0.717, 1.165) is 19.1 Å². The zero-order valence-corrected chi connectivity index (χ0v) is 16.2. The first-order chi connectivity index (χ1) is 10.4. The van der Waals surface area contributed by atoms with Crippen LogP contribution in [0, 0.1) is 11.8 Å². The molecular formula is C18H37NO2S. The fraction of sp³-hybridized carbons (Fsp3) is 0.944. The highest BCUT2D eigenvalue weighted by Crippen LogP contribution is 2.33. The van der Waals surface area contributed by atoms with E-state index in [4.69, 9.17) is 4.74 Å². The summed E-state index contributed by atoms with van der Waals surface area (Å²) in [5.41, 5.74) is 0. The van der Waals surface area contributed by atoms with Crippen LogP contribution in [0.4, 0.5) is 0 Å². The molecule has 0 spiro atoms. The van der Waals surface area contributed by atoms with Crippen LogP contribution in [0.3, 0.4) is 0 Å². The van der Waals surface area contributed by atoms with Gasteiger partial charge in [0.05, 0.1) is 6.10 Å². The lowest BCUT2D eigenvalue weighted by Crippen LogP contribution is -2.31. The van der Waals surface area contributed by atoms with Gasteiger partial charge in [-0.15, -0.1) is 0 Å². The summed E-state index contributed by atoms with van der Waals surface area (Å²) in [6, 6.07) is 0. The summed E-state index contributed by atoms with van der Waals surface area (Å²) in [5.74, 6) is 4.22. The number of ether oxygens (including phenoxy) is 1. The topological polar surface area (TPSA) is 29.5 Å². The number of hydrogen-bond donors (Lipinski definition) is 1. The monoisotopic (exact) mass is 331 g/mol. The number of amides is 1. The highest BCUT2D eigenvalue weighted by atomic mass is 32.2. The van der Waals surface area contributed by atoms with Gasteiger partial charge in [-0.3, -0.25) is 15.7 Å². The van der Waals surface area contributed by atoms with Gasteiger partial charge in [-0.1, -0.05) is 13.8 Å². The molecule has 1 atom stereocenters. The Kier molecular flexibility index (Phi) is 9.49. The third-order valence-electron chi connectivity index (χ3n) is 4.59. The maximum absolute atomic E-state index is 12.0. The van der Waals surface area contributed by atoms with Crippen LogP contribution >= 0.6 is 10.9 Å². The third kappa shape index (κ3) is 7.87. The van der Waals surface area contributed by atoms with Gasteiger partial charge in [0.15, 0.2) is 0 Å². The minimum atomic E-state index is 0.0621. The Morgan fingerprint density at radius 2 is 1.91 bits per heavy atom. The van der Waals surface area contributed by atoms with Gasteiger partial charge in [-0.2, -0.15) is 0 Å². The summed E-state index contributed by atoms with van der Waals surface area (Å²) in [5, 5.41) is 0. The first kappa shape index (κ1) is 19.8. The molecule has 1 saturated carbocycles. The summed E-state index contributed by atoms with van der Waals surface area (Å²) < 4.78 is 5.73. The molecule has 1 fully saturated rings. The van der Waals surface area contributed by atoms with E-state index >= 15 is 0 Å². The van der Waals surface area contributed by atoms with Crippen LogP contribution in [-0.4, -0.2) is 54.9 Å². The zero-order valence-electron chi connectivity index (χ0n) is 15.3. The molecule has 0 bridgehead atoms. The van der Waals surface area contributed by atoms with Gasteiger partial charge in [0.2, 0.25) is 5.91 Å². The van der Waals surface area contributed by atoms with E-state index in [1.54, 1.807) is 0 Å². The maximum atomic E-state index is 12.0. The molecule has 0 saturated heterocycles. The second kappa shape index (κ2) is 10.5. The number of rotatable bonds is 9. The molecular weight excluding hydrogens is 294 g/mol. The van der Waals surface area contributed by atoms with E-state index in [2.05, 4.69) is 27.0 Å². The SMILES string of the molecule is CCOC1CCC(C[SH](C)CCN(C)C(=O)CC(C)C)CC1. The van der Waals surface area contributed by atoms with Gasteiger partial charge < -0.3 is 9.64 Å². The van der Waals surface area contributed by atoms with Crippen LogP contribution < -0.4 is 0 Å². The molecule has 0 radical (unpaired) electrons. The molecule has 22 heavy (non-hydrogen) atoms. The van der Waals surface area contributed by atoms with Gasteiger partial charge in [-0.25, -0.2) is 0 Å². The van der Waals surface area contributed by atoms with Crippen molar-refractivity contribution in [1.29, 1.82) is 0 Å². The number of nitrogens with zero attached hydrogens (tertiary/aromatic N) is 1. The zero-order chi connectivity index (χ0) is 16.5. The van der Waals surface area contributed by atoms with Crippen LogP contribution in [-0.2, 0) is 9.53 Å². The van der Waals surface area contributed by atoms with E-state index in [1.807, 2.05) is 11.9 Å². The van der Waals surface area contributed by atoms with Crippen molar-refractivity contribution in [2.75, 3.05) is 38.0 Å². The highest BCUT2D eigenvalue weighted by Gasteiger charge is 2.22. The van der Waals surface area contributed by atoms with Crippen molar-refractivity contribution in [2.24, 2.45) is 11.8 Å². The Labute approximate surface area is 140 Å². The Morgan fingerprint density at radius 1 is 1.27 bits per heavy atom. The number of carbonyl (C=O) groups is 1. The standard InChI is InChI=1S/C18H37NO2S/c1-6-21-17-9-7-16(8-10-17)14-22(5)12-11-19(4)18(20)13-15(2)3/h15-17,22H,6-14H2,1-5H3. The number of thiol groups is 1. The Morgan fingerprint density at radius 3 is 2.45 bits per heavy atom. The molecule has 132 valence electrons. The van der Waals surface area contributed by atoms with Crippen molar-refractivity contribution in [3.8, 4) is 0 Å². The van der Waals surface area contributed by atoms with Crippen LogP contribution in [0.1, 0.15) is 52.9 Å². The lowest BCUT2D eigenvalue weighted by atomic mass is 9.89. The fourth-order valence-corrected chi connectivity index (χ4v) is 5.27. The summed E-state index contributed by atoms with van der Waals surface area (Å²) >= 11 is 0. The predicted molar refractivity (Wildman–Crippen MR) is 99.1 cm³/mol. The predicted octanol–water partition coefficient (Wildman–Crippen LogP) is 3.72. The third-order valence-corrected chi connectivity index (χ3v) is 6.69. The lowest BCUT2D eigenvalue weighted by Gasteiger charge is -2.31. The fourth-order valence-electron chi connectivity index (χ4n) is 3.20. The molecule has 1 aliphatic carbocycles. The van der Waals surface area contributed by atoms with E-state index < -0.39 is 0 Å². The average Bonchev–Trinajstić information content (AvgIpc) is 2.46. The van der Waals surface area contributed by atoms with E-state index in [0.29, 0.717) is 24.3 Å². The maximum Gasteiger partial charge on any atom is 0.222 e. The minimum Gasteiger partial charge on any atom is -0.379 e. The van der Waals surface area contributed by atoms with Crippen molar-refractivity contribution >= 4 is 16.8 Å². The van der Waals surface area contributed by atoms with Crippen molar-refractivity contribution in [2.45, 2.75) is 59.0 Å². The van der Waals surface area contributed by atoms with Crippen molar-refractivity contribution < 1.29 is 9.53 Å². The van der Waals surface area contributed by atoms with Crippen molar-refractivity contribution in [3.63, 3.8) is 0 Å². The van der Waals surface area contributed by atoms with E-state index in [9.17, 15) is 4.79 Å². The molecule has 1 amide bonds. The lowest BCUT2D eigenvalue weighted by molar-refractivity contribution is -0.130. The van der Waals surface area contributed by atoms with Crippen LogP contribution in [0.25, 0.3) is 0 Å². The average molecular weight is 332 g/mol.